The summed E-state index contributed by atoms with van der Waals surface area (Å²) in [6.07, 6.45) is 0. The van der Waals surface area contributed by atoms with Gasteiger partial charge in [0.1, 0.15) is 5.52 Å². The number of oxazole rings is 1. The second-order valence-corrected chi connectivity index (χ2v) is 4.93. The number of nitrogens with zero attached hydrogens (tertiary/aromatic N) is 1. The van der Waals surface area contributed by atoms with Crippen molar-refractivity contribution in [3.63, 3.8) is 0 Å². The van der Waals surface area contributed by atoms with Crippen molar-refractivity contribution in [2.45, 2.75) is 6.54 Å². The number of hydrogen-bond donors (Lipinski definition) is 2. The van der Waals surface area contributed by atoms with Crippen molar-refractivity contribution in [1.82, 2.24) is 4.98 Å². The fourth-order valence-electron chi connectivity index (χ4n) is 1.97. The summed E-state index contributed by atoms with van der Waals surface area (Å²) in [6.45, 7) is 0.418. The molecule has 1 heterocycles. The largest absolute Gasteiger partial charge is 0.478 e. The summed E-state index contributed by atoms with van der Waals surface area (Å²) in [5, 5.41) is 12.6. The third-order valence-corrected chi connectivity index (χ3v) is 3.20. The maximum Gasteiger partial charge on any atom is 0.335 e. The minimum Gasteiger partial charge on any atom is -0.478 e. The molecule has 0 saturated carbocycles. The lowest BCUT2D eigenvalue weighted by Gasteiger charge is -2.03. The van der Waals surface area contributed by atoms with E-state index < -0.39 is 5.97 Å². The van der Waals surface area contributed by atoms with Gasteiger partial charge < -0.3 is 14.8 Å². The highest BCUT2D eigenvalue weighted by atomic mass is 35.5. The number of anilines is 1. The first-order valence-electron chi connectivity index (χ1n) is 6.24. The molecular weight excluding hydrogens is 292 g/mol. The number of fused-ring (bicyclic) bond motifs is 1. The van der Waals surface area contributed by atoms with Crippen molar-refractivity contribution in [3.05, 3.63) is 58.6 Å². The Labute approximate surface area is 125 Å². The zero-order valence-corrected chi connectivity index (χ0v) is 11.6. The van der Waals surface area contributed by atoms with Gasteiger partial charge in [-0.05, 0) is 35.9 Å². The first-order valence-corrected chi connectivity index (χ1v) is 6.62. The van der Waals surface area contributed by atoms with Crippen LogP contribution in [0.5, 0.6) is 0 Å². The summed E-state index contributed by atoms with van der Waals surface area (Å²) >= 11 is 5.89. The van der Waals surface area contributed by atoms with E-state index in [-0.39, 0.29) is 5.56 Å². The van der Waals surface area contributed by atoms with Crippen LogP contribution in [0.2, 0.25) is 5.02 Å². The maximum absolute atomic E-state index is 10.9. The fourth-order valence-corrected chi connectivity index (χ4v) is 2.13. The van der Waals surface area contributed by atoms with Gasteiger partial charge in [0.25, 0.3) is 6.01 Å². The lowest BCUT2D eigenvalue weighted by Crippen LogP contribution is -2.02. The van der Waals surface area contributed by atoms with Gasteiger partial charge in [-0.3, -0.25) is 0 Å². The predicted octanol–water partition coefficient (Wildman–Crippen LogP) is 3.79. The van der Waals surface area contributed by atoms with E-state index in [1.807, 2.05) is 6.07 Å². The van der Waals surface area contributed by atoms with Gasteiger partial charge in [-0.2, -0.15) is 4.98 Å². The van der Waals surface area contributed by atoms with Crippen molar-refractivity contribution in [2.75, 3.05) is 5.32 Å². The zero-order chi connectivity index (χ0) is 14.8. The summed E-state index contributed by atoms with van der Waals surface area (Å²) in [5.41, 5.74) is 2.39. The number of hydrogen-bond acceptors (Lipinski definition) is 4. The fraction of sp³-hybridized carbons (Fsp3) is 0.0667. The molecule has 2 N–H and O–H groups in total. The number of nitrogens with one attached hydrogen (secondary N) is 1. The minimum absolute atomic E-state index is 0.249. The molecule has 0 radical (unpaired) electrons. The first kappa shape index (κ1) is 13.5. The number of carboxylic acids is 1. The Bertz CT molecular complexity index is 814. The molecule has 0 aliphatic heterocycles. The molecule has 0 saturated heterocycles. The van der Waals surface area contributed by atoms with Crippen LogP contribution in [0.15, 0.2) is 46.9 Å². The van der Waals surface area contributed by atoms with Crippen LogP contribution in [0.3, 0.4) is 0 Å². The molecular formula is C15H11ClN2O3. The number of rotatable bonds is 4. The summed E-state index contributed by atoms with van der Waals surface area (Å²) in [6, 6.07) is 12.3. The van der Waals surface area contributed by atoms with Crippen molar-refractivity contribution < 1.29 is 14.3 Å². The van der Waals surface area contributed by atoms with Crippen LogP contribution in [0.1, 0.15) is 15.9 Å². The number of aromatic nitrogens is 1. The second kappa shape index (κ2) is 5.46. The standard InChI is InChI=1S/C15H11ClN2O3/c16-11-4-5-13-12(7-11)18-15(21-13)17-8-9-2-1-3-10(6-9)14(19)20/h1-7H,8H2,(H,17,18)(H,19,20). The normalized spacial score (nSPS) is 10.7. The lowest BCUT2D eigenvalue weighted by atomic mass is 10.1. The van der Waals surface area contributed by atoms with Crippen LogP contribution in [0, 0.1) is 0 Å². The van der Waals surface area contributed by atoms with Crippen LogP contribution in [-0.2, 0) is 6.54 Å². The van der Waals surface area contributed by atoms with Gasteiger partial charge in [0, 0.05) is 11.6 Å². The Balaban J connectivity index is 1.77. The molecule has 1 aromatic heterocycles. The van der Waals surface area contributed by atoms with E-state index in [2.05, 4.69) is 10.3 Å². The van der Waals surface area contributed by atoms with E-state index >= 15 is 0 Å². The maximum atomic E-state index is 10.9. The number of benzene rings is 2. The van der Waals surface area contributed by atoms with Crippen LogP contribution in [0.25, 0.3) is 11.1 Å². The average Bonchev–Trinajstić information content (AvgIpc) is 2.87. The summed E-state index contributed by atoms with van der Waals surface area (Å²) in [7, 11) is 0. The van der Waals surface area contributed by atoms with Crippen LogP contribution in [-0.4, -0.2) is 16.1 Å². The van der Waals surface area contributed by atoms with Gasteiger partial charge in [0.05, 0.1) is 5.56 Å². The zero-order valence-electron chi connectivity index (χ0n) is 10.8. The smallest absolute Gasteiger partial charge is 0.335 e. The third-order valence-electron chi connectivity index (χ3n) is 2.97. The van der Waals surface area contributed by atoms with Crippen molar-refractivity contribution >= 4 is 34.7 Å². The Hall–Kier alpha value is -2.53. The van der Waals surface area contributed by atoms with Crippen molar-refractivity contribution in [3.8, 4) is 0 Å². The van der Waals surface area contributed by atoms with Gasteiger partial charge >= 0.3 is 5.97 Å². The topological polar surface area (TPSA) is 75.4 Å². The highest BCUT2D eigenvalue weighted by Crippen LogP contribution is 2.22. The van der Waals surface area contributed by atoms with Crippen LogP contribution >= 0.6 is 11.6 Å². The number of halogens is 1. The Kier molecular flexibility index (Phi) is 3.50. The van der Waals surface area contributed by atoms with Gasteiger partial charge in [-0.15, -0.1) is 0 Å². The molecule has 2 aromatic carbocycles. The molecule has 0 spiro atoms. The van der Waals surface area contributed by atoms with Gasteiger partial charge in [0.2, 0.25) is 0 Å². The van der Waals surface area contributed by atoms with Crippen LogP contribution in [0.4, 0.5) is 6.01 Å². The van der Waals surface area contributed by atoms with E-state index in [0.717, 1.165) is 5.56 Å². The Morgan fingerprint density at radius 1 is 1.29 bits per heavy atom. The molecule has 106 valence electrons. The minimum atomic E-state index is -0.951. The van der Waals surface area contributed by atoms with Gasteiger partial charge in [0.15, 0.2) is 5.58 Å². The lowest BCUT2D eigenvalue weighted by molar-refractivity contribution is 0.0697. The predicted molar refractivity (Wildman–Crippen MR) is 79.7 cm³/mol. The summed E-state index contributed by atoms with van der Waals surface area (Å²) < 4.78 is 5.53. The number of aromatic carboxylic acids is 1. The highest BCUT2D eigenvalue weighted by Gasteiger charge is 2.07. The molecule has 0 aliphatic rings. The van der Waals surface area contributed by atoms with Gasteiger partial charge in [-0.1, -0.05) is 23.7 Å². The molecule has 0 amide bonds. The number of carbonyl (C=O) groups is 1. The average molecular weight is 303 g/mol. The monoisotopic (exact) mass is 302 g/mol. The first-order chi connectivity index (χ1) is 10.1. The Morgan fingerprint density at radius 3 is 2.95 bits per heavy atom. The molecule has 0 aliphatic carbocycles. The number of carboxylic acid groups (broad SMARTS) is 1. The van der Waals surface area contributed by atoms with E-state index in [1.165, 1.54) is 0 Å². The Morgan fingerprint density at radius 2 is 2.14 bits per heavy atom. The molecule has 0 fully saturated rings. The molecule has 6 heteroatoms. The molecule has 21 heavy (non-hydrogen) atoms. The second-order valence-electron chi connectivity index (χ2n) is 4.49. The molecule has 3 rings (SSSR count). The molecule has 3 aromatic rings. The van der Waals surface area contributed by atoms with Crippen molar-refractivity contribution in [1.29, 1.82) is 0 Å². The highest BCUT2D eigenvalue weighted by molar-refractivity contribution is 6.31. The van der Waals surface area contributed by atoms with Crippen LogP contribution < -0.4 is 5.32 Å². The quantitative estimate of drug-likeness (QED) is 0.767. The van der Waals surface area contributed by atoms with E-state index in [4.69, 9.17) is 21.1 Å². The summed E-state index contributed by atoms with van der Waals surface area (Å²) in [4.78, 5) is 15.2. The summed E-state index contributed by atoms with van der Waals surface area (Å²) in [5.74, 6) is -0.951. The third kappa shape index (κ3) is 2.98. The van der Waals surface area contributed by atoms with E-state index in [1.54, 1.807) is 36.4 Å². The van der Waals surface area contributed by atoms with E-state index in [0.29, 0.717) is 28.7 Å². The SMILES string of the molecule is O=C(O)c1cccc(CNc2nc3cc(Cl)ccc3o2)c1. The molecule has 0 atom stereocenters. The van der Waals surface area contributed by atoms with Crippen molar-refractivity contribution in [2.24, 2.45) is 0 Å². The molecule has 0 bridgehead atoms. The molecule has 0 unspecified atom stereocenters. The molecule has 5 nitrogen and oxygen atoms in total. The van der Waals surface area contributed by atoms with Gasteiger partial charge in [-0.25, -0.2) is 4.79 Å². The van der Waals surface area contributed by atoms with E-state index in [9.17, 15) is 4.79 Å².